The predicted molar refractivity (Wildman–Crippen MR) is 146 cm³/mol. The van der Waals surface area contributed by atoms with E-state index >= 15 is 0 Å². The van der Waals surface area contributed by atoms with Gasteiger partial charge in [0.25, 0.3) is 11.8 Å². The van der Waals surface area contributed by atoms with Crippen LogP contribution < -0.4 is 14.4 Å². The summed E-state index contributed by atoms with van der Waals surface area (Å²) in [6.45, 7) is 7.65. The number of carbonyl (C=O) groups is 2. The Morgan fingerprint density at radius 2 is 1.78 bits per heavy atom. The zero-order valence-electron chi connectivity index (χ0n) is 22.2. The van der Waals surface area contributed by atoms with E-state index in [1.165, 1.54) is 7.11 Å². The zero-order chi connectivity index (χ0) is 26.7. The summed E-state index contributed by atoms with van der Waals surface area (Å²) in [5.41, 5.74) is 3.44. The van der Waals surface area contributed by atoms with E-state index in [1.807, 2.05) is 30.3 Å². The van der Waals surface area contributed by atoms with E-state index in [0.717, 1.165) is 28.5 Å². The van der Waals surface area contributed by atoms with Gasteiger partial charge in [-0.3, -0.25) is 14.5 Å². The summed E-state index contributed by atoms with van der Waals surface area (Å²) >= 11 is 0. The second-order valence-corrected chi connectivity index (χ2v) is 16.2. The molecule has 0 radical (unpaired) electrons. The van der Waals surface area contributed by atoms with Crippen LogP contribution in [-0.2, 0) is 16.0 Å². The van der Waals surface area contributed by atoms with Gasteiger partial charge in [-0.15, -0.1) is 0 Å². The van der Waals surface area contributed by atoms with Crippen LogP contribution >= 0.6 is 0 Å². The molecule has 4 rings (SSSR count). The third-order valence-corrected chi connectivity index (χ3v) is 8.50. The Bertz CT molecular complexity index is 1190. The summed E-state index contributed by atoms with van der Waals surface area (Å²) < 4.78 is 16.8. The third-order valence-electron chi connectivity index (χ3n) is 6.79. The number of nitrogens with zero attached hydrogens (tertiary/aromatic N) is 2. The largest absolute Gasteiger partial charge is 0.497 e. The molecule has 2 amide bonds. The number of rotatable bonds is 10. The number of fused-ring (bicyclic) bond motifs is 2. The molecule has 2 aliphatic heterocycles. The molecular formula is C28H36N2O6Si. The van der Waals surface area contributed by atoms with Crippen molar-refractivity contribution in [2.45, 2.75) is 38.1 Å². The number of aliphatic hydroxyl groups is 1. The number of amides is 2. The second kappa shape index (κ2) is 11.1. The summed E-state index contributed by atoms with van der Waals surface area (Å²) in [7, 11) is 1.84. The summed E-state index contributed by atoms with van der Waals surface area (Å²) in [5.74, 6) is 0.787. The minimum Gasteiger partial charge on any atom is -0.497 e. The maximum absolute atomic E-state index is 13.9. The predicted octanol–water partition coefficient (Wildman–Crippen LogP) is 3.81. The van der Waals surface area contributed by atoms with Crippen molar-refractivity contribution in [3.8, 4) is 11.5 Å². The highest BCUT2D eigenvalue weighted by Crippen LogP contribution is 2.38. The van der Waals surface area contributed by atoms with Crippen LogP contribution in [0.15, 0.2) is 42.5 Å². The van der Waals surface area contributed by atoms with Gasteiger partial charge in [-0.05, 0) is 59.5 Å². The first-order valence-corrected chi connectivity index (χ1v) is 16.2. The summed E-state index contributed by atoms with van der Waals surface area (Å²) in [5, 5.41) is 9.57. The van der Waals surface area contributed by atoms with Crippen LogP contribution in [0.4, 0.5) is 5.69 Å². The van der Waals surface area contributed by atoms with Crippen LogP contribution in [0.2, 0.25) is 25.7 Å². The Hall–Kier alpha value is -3.14. The van der Waals surface area contributed by atoms with E-state index < -0.39 is 14.1 Å². The van der Waals surface area contributed by atoms with Gasteiger partial charge in [-0.2, -0.15) is 0 Å². The molecule has 0 fully saturated rings. The molecule has 2 heterocycles. The second-order valence-electron chi connectivity index (χ2n) is 10.6. The van der Waals surface area contributed by atoms with E-state index in [-0.39, 0.29) is 25.2 Å². The van der Waals surface area contributed by atoms with E-state index in [4.69, 9.17) is 14.2 Å². The molecule has 2 aromatic rings. The lowest BCUT2D eigenvalue weighted by Crippen LogP contribution is -2.45. The molecule has 9 heteroatoms. The minimum absolute atomic E-state index is 0.0462. The third kappa shape index (κ3) is 5.74. The average Bonchev–Trinajstić information content (AvgIpc) is 3.30. The SMILES string of the molecule is COc1ccc(C2=C[C@@H]3C(=O)N(COCC[Si](C)(C)C)c4cc(CCO)c(OC)cc4C(=O)N3C2)cc1. The van der Waals surface area contributed by atoms with Crippen molar-refractivity contribution in [2.24, 2.45) is 0 Å². The molecule has 0 spiro atoms. The van der Waals surface area contributed by atoms with Crippen LogP contribution in [0.3, 0.4) is 0 Å². The Morgan fingerprint density at radius 3 is 2.41 bits per heavy atom. The van der Waals surface area contributed by atoms with Gasteiger partial charge >= 0.3 is 0 Å². The number of anilines is 1. The van der Waals surface area contributed by atoms with Crippen LogP contribution in [0, 0.1) is 0 Å². The molecule has 37 heavy (non-hydrogen) atoms. The highest BCUT2D eigenvalue weighted by molar-refractivity contribution is 6.76. The molecule has 0 saturated heterocycles. The molecule has 0 bridgehead atoms. The standard InChI is InChI=1S/C28H36N2O6Si/c1-34-22-8-6-19(7-9-22)21-15-25-28(33)30(18-36-12-13-37(3,4)5)24-14-20(10-11-31)26(35-2)16-23(24)27(32)29(25)17-21/h6-9,14-16,25,31H,10-13,17-18H2,1-5H3/t25-/m1/s1. The van der Waals surface area contributed by atoms with Gasteiger partial charge in [0.05, 0.1) is 25.5 Å². The molecule has 0 saturated carbocycles. The van der Waals surface area contributed by atoms with E-state index in [1.54, 1.807) is 29.0 Å². The molecule has 2 aliphatic rings. The molecule has 8 nitrogen and oxygen atoms in total. The van der Waals surface area contributed by atoms with Crippen molar-refractivity contribution in [3.05, 3.63) is 59.2 Å². The monoisotopic (exact) mass is 524 g/mol. The number of ether oxygens (including phenoxy) is 3. The molecule has 0 aliphatic carbocycles. The molecule has 1 N–H and O–H groups in total. The van der Waals surface area contributed by atoms with Crippen molar-refractivity contribution in [1.82, 2.24) is 4.90 Å². The maximum atomic E-state index is 13.9. The van der Waals surface area contributed by atoms with Crippen LogP contribution in [0.25, 0.3) is 5.57 Å². The van der Waals surface area contributed by atoms with Gasteiger partial charge < -0.3 is 24.2 Å². The van der Waals surface area contributed by atoms with Crippen molar-refractivity contribution < 1.29 is 28.9 Å². The van der Waals surface area contributed by atoms with Crippen molar-refractivity contribution in [3.63, 3.8) is 0 Å². The Morgan fingerprint density at radius 1 is 1.05 bits per heavy atom. The Kier molecular flexibility index (Phi) is 8.06. The van der Waals surface area contributed by atoms with Gasteiger partial charge in [0, 0.05) is 27.8 Å². The van der Waals surface area contributed by atoms with Crippen molar-refractivity contribution in [2.75, 3.05) is 45.6 Å². The maximum Gasteiger partial charge on any atom is 0.257 e. The molecule has 0 aromatic heterocycles. The van der Waals surface area contributed by atoms with Crippen LogP contribution in [0.1, 0.15) is 21.5 Å². The minimum atomic E-state index is -1.31. The van der Waals surface area contributed by atoms with Gasteiger partial charge in [-0.1, -0.05) is 31.8 Å². The first-order valence-electron chi connectivity index (χ1n) is 12.5. The topological polar surface area (TPSA) is 88.5 Å². The molecule has 0 unspecified atom stereocenters. The Balaban J connectivity index is 1.72. The summed E-state index contributed by atoms with van der Waals surface area (Å²) in [6.07, 6.45) is 2.21. The van der Waals surface area contributed by atoms with E-state index in [0.29, 0.717) is 36.6 Å². The lowest BCUT2D eigenvalue weighted by atomic mass is 10.0. The number of hydrogen-bond acceptors (Lipinski definition) is 6. The fraction of sp³-hybridized carbons (Fsp3) is 0.429. The van der Waals surface area contributed by atoms with Gasteiger partial charge in [0.1, 0.15) is 24.3 Å². The molecule has 198 valence electrons. The fourth-order valence-corrected chi connectivity index (χ4v) is 5.38. The number of hydrogen-bond donors (Lipinski definition) is 1. The highest BCUT2D eigenvalue weighted by atomic mass is 28.3. The number of methoxy groups -OCH3 is 2. The average molecular weight is 525 g/mol. The number of aliphatic hydroxyl groups excluding tert-OH is 1. The number of carbonyl (C=O) groups excluding carboxylic acids is 2. The van der Waals surface area contributed by atoms with Crippen LogP contribution in [-0.4, -0.2) is 76.6 Å². The first kappa shape index (κ1) is 26.9. The highest BCUT2D eigenvalue weighted by Gasteiger charge is 2.42. The lowest BCUT2D eigenvalue weighted by molar-refractivity contribution is -0.122. The van der Waals surface area contributed by atoms with Gasteiger partial charge in [0.2, 0.25) is 0 Å². The molecule has 2 aromatic carbocycles. The zero-order valence-corrected chi connectivity index (χ0v) is 23.2. The Labute approximate surface area is 219 Å². The summed E-state index contributed by atoms with van der Waals surface area (Å²) in [6, 6.07) is 11.3. The van der Waals surface area contributed by atoms with Crippen molar-refractivity contribution >= 4 is 31.1 Å². The molecular weight excluding hydrogens is 488 g/mol. The normalized spacial score (nSPS) is 17.4. The lowest BCUT2D eigenvalue weighted by Gasteiger charge is -2.26. The smallest absolute Gasteiger partial charge is 0.257 e. The van der Waals surface area contributed by atoms with Crippen LogP contribution in [0.5, 0.6) is 11.5 Å². The van der Waals surface area contributed by atoms with Gasteiger partial charge in [-0.25, -0.2) is 0 Å². The molecule has 1 atom stereocenters. The first-order chi connectivity index (χ1) is 17.7. The van der Waals surface area contributed by atoms with E-state index in [9.17, 15) is 14.7 Å². The quantitative estimate of drug-likeness (QED) is 0.376. The number of benzene rings is 2. The van der Waals surface area contributed by atoms with E-state index in [2.05, 4.69) is 19.6 Å². The van der Waals surface area contributed by atoms with Crippen molar-refractivity contribution in [1.29, 1.82) is 0 Å². The fourth-order valence-electron chi connectivity index (χ4n) is 4.62. The summed E-state index contributed by atoms with van der Waals surface area (Å²) in [4.78, 5) is 31.0. The van der Waals surface area contributed by atoms with Gasteiger partial charge in [0.15, 0.2) is 0 Å².